The summed E-state index contributed by atoms with van der Waals surface area (Å²) in [7, 11) is 0. The van der Waals surface area contributed by atoms with Crippen LogP contribution in [0, 0.1) is 6.92 Å². The molecular weight excluding hydrogens is 150 g/mol. The van der Waals surface area contributed by atoms with Crippen molar-refractivity contribution in [2.45, 2.75) is 13.3 Å². The number of nitrogens with zero attached hydrogens (tertiary/aromatic N) is 1. The molecular formula is C9H15N3. The van der Waals surface area contributed by atoms with Gasteiger partial charge in [0.15, 0.2) is 0 Å². The molecule has 0 atom stereocenters. The van der Waals surface area contributed by atoms with Crippen molar-refractivity contribution >= 4 is 5.69 Å². The smallest absolute Gasteiger partial charge is 0.0400 e. The third-order valence-corrected chi connectivity index (χ3v) is 1.72. The number of aryl methyl sites for hydroxylation is 1. The van der Waals surface area contributed by atoms with Crippen molar-refractivity contribution in [3.8, 4) is 0 Å². The molecule has 0 bridgehead atoms. The predicted octanol–water partition coefficient (Wildman–Crippen LogP) is 1.15. The van der Waals surface area contributed by atoms with Gasteiger partial charge in [-0.25, -0.2) is 0 Å². The van der Waals surface area contributed by atoms with Gasteiger partial charge in [0, 0.05) is 24.6 Å². The zero-order valence-corrected chi connectivity index (χ0v) is 7.38. The van der Waals surface area contributed by atoms with Crippen molar-refractivity contribution in [3.05, 3.63) is 24.0 Å². The first-order chi connectivity index (χ1) is 5.84. The van der Waals surface area contributed by atoms with Gasteiger partial charge in [-0.15, -0.1) is 0 Å². The Balaban J connectivity index is 2.46. The highest BCUT2D eigenvalue weighted by Crippen LogP contribution is 2.10. The highest BCUT2D eigenvalue weighted by molar-refractivity contribution is 5.48. The Hall–Kier alpha value is -1.09. The van der Waals surface area contributed by atoms with Gasteiger partial charge in [-0.2, -0.15) is 0 Å². The van der Waals surface area contributed by atoms with Crippen molar-refractivity contribution in [1.82, 2.24) is 4.98 Å². The SMILES string of the molecule is Cc1cnccc1NCCCN. The van der Waals surface area contributed by atoms with E-state index in [2.05, 4.69) is 10.3 Å². The first kappa shape index (κ1) is 9.00. The zero-order valence-electron chi connectivity index (χ0n) is 7.38. The van der Waals surface area contributed by atoms with Gasteiger partial charge in [0.25, 0.3) is 0 Å². The highest BCUT2D eigenvalue weighted by atomic mass is 14.9. The molecule has 12 heavy (non-hydrogen) atoms. The molecule has 3 nitrogen and oxygen atoms in total. The van der Waals surface area contributed by atoms with Crippen LogP contribution < -0.4 is 11.1 Å². The summed E-state index contributed by atoms with van der Waals surface area (Å²) >= 11 is 0. The summed E-state index contributed by atoms with van der Waals surface area (Å²) in [6.45, 7) is 3.70. The molecule has 0 aromatic carbocycles. The number of nitrogens with two attached hydrogens (primary N) is 1. The molecule has 0 unspecified atom stereocenters. The lowest BCUT2D eigenvalue weighted by Crippen LogP contribution is -2.09. The second kappa shape index (κ2) is 4.72. The average Bonchev–Trinajstić information content (AvgIpc) is 2.09. The minimum absolute atomic E-state index is 0.733. The third-order valence-electron chi connectivity index (χ3n) is 1.72. The Morgan fingerprint density at radius 3 is 3.08 bits per heavy atom. The number of nitrogens with one attached hydrogen (secondary N) is 1. The first-order valence-corrected chi connectivity index (χ1v) is 4.19. The van der Waals surface area contributed by atoms with Crippen LogP contribution in [-0.2, 0) is 0 Å². The van der Waals surface area contributed by atoms with Crippen LogP contribution in [0.2, 0.25) is 0 Å². The van der Waals surface area contributed by atoms with Crippen LogP contribution in [0.4, 0.5) is 5.69 Å². The van der Waals surface area contributed by atoms with Gasteiger partial charge in [-0.3, -0.25) is 4.98 Å². The Bertz CT molecular complexity index is 235. The molecule has 0 aliphatic carbocycles. The molecule has 66 valence electrons. The van der Waals surface area contributed by atoms with Gasteiger partial charge >= 0.3 is 0 Å². The molecule has 1 rings (SSSR count). The Morgan fingerprint density at radius 2 is 2.42 bits per heavy atom. The van der Waals surface area contributed by atoms with Crippen LogP contribution >= 0.6 is 0 Å². The summed E-state index contributed by atoms with van der Waals surface area (Å²) in [5.74, 6) is 0. The van der Waals surface area contributed by atoms with Crippen LogP contribution in [0.25, 0.3) is 0 Å². The van der Waals surface area contributed by atoms with E-state index in [-0.39, 0.29) is 0 Å². The normalized spacial score (nSPS) is 9.83. The lowest BCUT2D eigenvalue weighted by atomic mass is 10.2. The van der Waals surface area contributed by atoms with E-state index >= 15 is 0 Å². The van der Waals surface area contributed by atoms with Gasteiger partial charge in [0.2, 0.25) is 0 Å². The Labute approximate surface area is 73.0 Å². The molecule has 0 radical (unpaired) electrons. The number of pyridine rings is 1. The van der Waals surface area contributed by atoms with Crippen LogP contribution in [0.1, 0.15) is 12.0 Å². The van der Waals surface area contributed by atoms with Crippen LogP contribution in [0.3, 0.4) is 0 Å². The fraction of sp³-hybridized carbons (Fsp3) is 0.444. The van der Waals surface area contributed by atoms with Gasteiger partial charge in [-0.1, -0.05) is 0 Å². The summed E-state index contributed by atoms with van der Waals surface area (Å²) in [5.41, 5.74) is 7.71. The molecule has 1 heterocycles. The molecule has 0 fully saturated rings. The summed E-state index contributed by atoms with van der Waals surface area (Å²) < 4.78 is 0. The lowest BCUT2D eigenvalue weighted by molar-refractivity contribution is 0.873. The van der Waals surface area contributed by atoms with Gasteiger partial charge in [-0.05, 0) is 31.5 Å². The van der Waals surface area contributed by atoms with E-state index in [1.165, 1.54) is 5.56 Å². The van der Waals surface area contributed by atoms with E-state index in [1.807, 2.05) is 19.2 Å². The van der Waals surface area contributed by atoms with Gasteiger partial charge < -0.3 is 11.1 Å². The molecule has 3 N–H and O–H groups in total. The largest absolute Gasteiger partial charge is 0.385 e. The number of hydrogen-bond donors (Lipinski definition) is 2. The molecule has 1 aromatic rings. The van der Waals surface area contributed by atoms with Gasteiger partial charge in [0.05, 0.1) is 0 Å². The first-order valence-electron chi connectivity index (χ1n) is 4.19. The van der Waals surface area contributed by atoms with Crippen LogP contribution in [0.15, 0.2) is 18.5 Å². The molecule has 0 amide bonds. The monoisotopic (exact) mass is 165 g/mol. The maximum absolute atomic E-state index is 5.38. The van der Waals surface area contributed by atoms with E-state index in [0.29, 0.717) is 0 Å². The number of aromatic nitrogens is 1. The Kier molecular flexibility index (Phi) is 3.54. The third kappa shape index (κ3) is 2.51. The molecule has 0 spiro atoms. The maximum Gasteiger partial charge on any atom is 0.0400 e. The van der Waals surface area contributed by atoms with Crippen molar-refractivity contribution in [3.63, 3.8) is 0 Å². The minimum atomic E-state index is 0.733. The number of hydrogen-bond acceptors (Lipinski definition) is 3. The number of rotatable bonds is 4. The summed E-state index contributed by atoms with van der Waals surface area (Å²) in [5, 5.41) is 3.29. The molecule has 0 aliphatic rings. The van der Waals surface area contributed by atoms with Crippen molar-refractivity contribution < 1.29 is 0 Å². The molecule has 0 aliphatic heterocycles. The fourth-order valence-electron chi connectivity index (χ4n) is 0.997. The topological polar surface area (TPSA) is 50.9 Å². The zero-order chi connectivity index (χ0) is 8.81. The van der Waals surface area contributed by atoms with E-state index < -0.39 is 0 Å². The summed E-state index contributed by atoms with van der Waals surface area (Å²) in [6.07, 6.45) is 4.64. The minimum Gasteiger partial charge on any atom is -0.385 e. The highest BCUT2D eigenvalue weighted by Gasteiger charge is 1.94. The molecule has 1 aromatic heterocycles. The van der Waals surface area contributed by atoms with Crippen LogP contribution in [0.5, 0.6) is 0 Å². The van der Waals surface area contributed by atoms with E-state index in [0.717, 1.165) is 25.2 Å². The van der Waals surface area contributed by atoms with E-state index in [4.69, 9.17) is 5.73 Å². The lowest BCUT2D eigenvalue weighted by Gasteiger charge is -2.07. The van der Waals surface area contributed by atoms with Crippen molar-refractivity contribution in [2.24, 2.45) is 5.73 Å². The Morgan fingerprint density at radius 1 is 1.58 bits per heavy atom. The average molecular weight is 165 g/mol. The fourth-order valence-corrected chi connectivity index (χ4v) is 0.997. The van der Waals surface area contributed by atoms with Crippen molar-refractivity contribution in [1.29, 1.82) is 0 Å². The molecule has 0 saturated carbocycles. The van der Waals surface area contributed by atoms with Gasteiger partial charge in [0.1, 0.15) is 0 Å². The second-order valence-electron chi connectivity index (χ2n) is 2.76. The maximum atomic E-state index is 5.38. The van der Waals surface area contributed by atoms with E-state index in [9.17, 15) is 0 Å². The summed E-state index contributed by atoms with van der Waals surface area (Å²) in [4.78, 5) is 4.01. The quantitative estimate of drug-likeness (QED) is 0.658. The summed E-state index contributed by atoms with van der Waals surface area (Å²) in [6, 6.07) is 1.98. The molecule has 3 heteroatoms. The number of anilines is 1. The van der Waals surface area contributed by atoms with Crippen molar-refractivity contribution in [2.75, 3.05) is 18.4 Å². The van der Waals surface area contributed by atoms with E-state index in [1.54, 1.807) is 6.20 Å². The predicted molar refractivity (Wildman–Crippen MR) is 51.1 cm³/mol. The van der Waals surface area contributed by atoms with Crippen LogP contribution in [-0.4, -0.2) is 18.1 Å². The standard InChI is InChI=1S/C9H15N3/c1-8-7-11-6-3-9(8)12-5-2-4-10/h3,6-7H,2,4-5,10H2,1H3,(H,11,12). The molecule has 0 saturated heterocycles. The second-order valence-corrected chi connectivity index (χ2v) is 2.76.